The Morgan fingerprint density at radius 3 is 2.61 bits per heavy atom. The van der Waals surface area contributed by atoms with Crippen LogP contribution in [0.1, 0.15) is 44.1 Å². The van der Waals surface area contributed by atoms with Crippen LogP contribution in [0.5, 0.6) is 0 Å². The number of nitrogens with zero attached hydrogens (tertiary/aromatic N) is 2. The molecule has 0 atom stereocenters. The first-order chi connectivity index (χ1) is 11.2. The first-order valence-electron chi connectivity index (χ1n) is 8.33. The molecule has 4 nitrogen and oxygen atoms in total. The summed E-state index contributed by atoms with van der Waals surface area (Å²) in [6, 6.07) is 8.31. The summed E-state index contributed by atoms with van der Waals surface area (Å²) in [7, 11) is 0. The van der Waals surface area contributed by atoms with Crippen molar-refractivity contribution in [2.24, 2.45) is 0 Å². The minimum absolute atomic E-state index is 0.522. The van der Waals surface area contributed by atoms with Crippen LogP contribution in [-0.4, -0.2) is 16.0 Å². The lowest BCUT2D eigenvalue weighted by Gasteiger charge is -2.17. The average Bonchev–Trinajstić information content (AvgIpc) is 2.80. The number of anilines is 3. The van der Waals surface area contributed by atoms with Crippen LogP contribution in [0.15, 0.2) is 30.5 Å². The van der Waals surface area contributed by atoms with E-state index in [0.717, 1.165) is 22.1 Å². The van der Waals surface area contributed by atoms with E-state index >= 15 is 0 Å². The lowest BCUT2D eigenvalue weighted by atomic mass is 10.1. The summed E-state index contributed by atoms with van der Waals surface area (Å²) in [5, 5.41) is 7.50. The van der Waals surface area contributed by atoms with Gasteiger partial charge in [-0.2, -0.15) is 4.98 Å². The topological polar surface area (TPSA) is 49.8 Å². The van der Waals surface area contributed by atoms with Crippen molar-refractivity contribution in [1.29, 1.82) is 0 Å². The van der Waals surface area contributed by atoms with Gasteiger partial charge in [-0.15, -0.1) is 0 Å². The lowest BCUT2D eigenvalue weighted by Crippen LogP contribution is -2.19. The molecule has 0 radical (unpaired) electrons. The molecule has 0 amide bonds. The molecular formula is C18H23ClN4. The van der Waals surface area contributed by atoms with Gasteiger partial charge in [0.05, 0.1) is 0 Å². The van der Waals surface area contributed by atoms with Gasteiger partial charge in [0.25, 0.3) is 0 Å². The minimum atomic E-state index is 0.522. The maximum atomic E-state index is 6.16. The van der Waals surface area contributed by atoms with Crippen molar-refractivity contribution >= 4 is 29.1 Å². The second-order valence-electron chi connectivity index (χ2n) is 6.19. The molecule has 2 aromatic rings. The zero-order valence-corrected chi connectivity index (χ0v) is 14.2. The Labute approximate surface area is 142 Å². The normalized spacial score (nSPS) is 15.9. The van der Waals surface area contributed by atoms with E-state index in [4.69, 9.17) is 11.6 Å². The third-order valence-electron chi connectivity index (χ3n) is 4.29. The molecule has 1 aliphatic carbocycles. The maximum Gasteiger partial charge on any atom is 0.229 e. The van der Waals surface area contributed by atoms with E-state index in [2.05, 4.69) is 20.6 Å². The highest BCUT2D eigenvalue weighted by Gasteiger charge is 2.12. The van der Waals surface area contributed by atoms with Crippen molar-refractivity contribution in [3.05, 3.63) is 41.0 Å². The van der Waals surface area contributed by atoms with Crippen LogP contribution in [0.2, 0.25) is 5.02 Å². The molecule has 1 fully saturated rings. The van der Waals surface area contributed by atoms with E-state index in [9.17, 15) is 0 Å². The highest BCUT2D eigenvalue weighted by atomic mass is 35.5. The summed E-state index contributed by atoms with van der Waals surface area (Å²) in [5.74, 6) is 1.47. The zero-order valence-electron chi connectivity index (χ0n) is 13.5. The predicted octanol–water partition coefficient (Wildman–Crippen LogP) is 5.32. The Morgan fingerprint density at radius 1 is 1.09 bits per heavy atom. The third kappa shape index (κ3) is 4.58. The molecule has 0 spiro atoms. The molecule has 0 bridgehead atoms. The molecule has 3 rings (SSSR count). The van der Waals surface area contributed by atoms with E-state index in [1.807, 2.05) is 31.2 Å². The fourth-order valence-corrected chi connectivity index (χ4v) is 3.11. The lowest BCUT2D eigenvalue weighted by molar-refractivity contribution is 0.617. The smallest absolute Gasteiger partial charge is 0.229 e. The number of benzene rings is 1. The van der Waals surface area contributed by atoms with E-state index in [1.54, 1.807) is 6.20 Å². The fraction of sp³-hybridized carbons (Fsp3) is 0.444. The Bertz CT molecular complexity index is 651. The largest absolute Gasteiger partial charge is 0.367 e. The monoisotopic (exact) mass is 330 g/mol. The molecule has 5 heteroatoms. The Kier molecular flexibility index (Phi) is 5.34. The summed E-state index contributed by atoms with van der Waals surface area (Å²) in [6.07, 6.45) is 9.53. The summed E-state index contributed by atoms with van der Waals surface area (Å²) in [4.78, 5) is 8.86. The molecule has 23 heavy (non-hydrogen) atoms. The molecule has 1 heterocycles. The van der Waals surface area contributed by atoms with Gasteiger partial charge < -0.3 is 10.6 Å². The van der Waals surface area contributed by atoms with Crippen LogP contribution >= 0.6 is 11.6 Å². The van der Waals surface area contributed by atoms with Gasteiger partial charge in [0.2, 0.25) is 5.95 Å². The quantitative estimate of drug-likeness (QED) is 0.745. The standard InChI is InChI=1S/C18H23ClN4/c1-13-8-9-15(12-16(13)19)22-18-20-11-10-17(23-18)21-14-6-4-2-3-5-7-14/h8-12,14H,2-7H2,1H3,(H2,20,21,22,23). The number of aryl methyl sites for hydroxylation is 1. The summed E-state index contributed by atoms with van der Waals surface area (Å²) < 4.78 is 0. The number of aromatic nitrogens is 2. The molecule has 1 aromatic heterocycles. The highest BCUT2D eigenvalue weighted by molar-refractivity contribution is 6.31. The van der Waals surface area contributed by atoms with E-state index in [0.29, 0.717) is 12.0 Å². The van der Waals surface area contributed by atoms with Crippen LogP contribution in [0, 0.1) is 6.92 Å². The first-order valence-corrected chi connectivity index (χ1v) is 8.71. The van der Waals surface area contributed by atoms with Gasteiger partial charge in [-0.1, -0.05) is 43.4 Å². The highest BCUT2D eigenvalue weighted by Crippen LogP contribution is 2.23. The Balaban J connectivity index is 1.67. The molecule has 1 aromatic carbocycles. The number of nitrogens with one attached hydrogen (secondary N) is 2. The van der Waals surface area contributed by atoms with E-state index in [1.165, 1.54) is 38.5 Å². The SMILES string of the molecule is Cc1ccc(Nc2nccc(NC3CCCCCC3)n2)cc1Cl. The molecular weight excluding hydrogens is 308 g/mol. The van der Waals surface area contributed by atoms with Crippen molar-refractivity contribution in [3.8, 4) is 0 Å². The van der Waals surface area contributed by atoms with Crippen molar-refractivity contribution in [2.45, 2.75) is 51.5 Å². The third-order valence-corrected chi connectivity index (χ3v) is 4.70. The van der Waals surface area contributed by atoms with Gasteiger partial charge in [-0.25, -0.2) is 4.98 Å². The summed E-state index contributed by atoms with van der Waals surface area (Å²) >= 11 is 6.16. The predicted molar refractivity (Wildman–Crippen MR) is 96.6 cm³/mol. The van der Waals surface area contributed by atoms with E-state index < -0.39 is 0 Å². The van der Waals surface area contributed by atoms with E-state index in [-0.39, 0.29) is 0 Å². The maximum absolute atomic E-state index is 6.16. The zero-order chi connectivity index (χ0) is 16.1. The second-order valence-corrected chi connectivity index (χ2v) is 6.59. The van der Waals surface area contributed by atoms with Crippen LogP contribution < -0.4 is 10.6 Å². The van der Waals surface area contributed by atoms with Gasteiger partial charge in [-0.05, 0) is 43.5 Å². The molecule has 0 unspecified atom stereocenters. The molecule has 0 saturated heterocycles. The molecule has 122 valence electrons. The van der Waals surface area contributed by atoms with Crippen molar-refractivity contribution in [2.75, 3.05) is 10.6 Å². The molecule has 2 N–H and O–H groups in total. The number of hydrogen-bond acceptors (Lipinski definition) is 4. The first kappa shape index (κ1) is 16.1. The fourth-order valence-electron chi connectivity index (χ4n) is 2.93. The molecule has 0 aliphatic heterocycles. The molecule has 1 aliphatic rings. The van der Waals surface area contributed by atoms with Gasteiger partial charge >= 0.3 is 0 Å². The van der Waals surface area contributed by atoms with Crippen LogP contribution in [0.4, 0.5) is 17.5 Å². The van der Waals surface area contributed by atoms with Crippen LogP contribution in [0.25, 0.3) is 0 Å². The van der Waals surface area contributed by atoms with Crippen molar-refractivity contribution < 1.29 is 0 Å². The minimum Gasteiger partial charge on any atom is -0.367 e. The van der Waals surface area contributed by atoms with Crippen LogP contribution in [-0.2, 0) is 0 Å². The number of rotatable bonds is 4. The Morgan fingerprint density at radius 2 is 1.87 bits per heavy atom. The summed E-state index contributed by atoms with van der Waals surface area (Å²) in [6.45, 7) is 1.99. The van der Waals surface area contributed by atoms with Gasteiger partial charge in [-0.3, -0.25) is 0 Å². The number of hydrogen-bond donors (Lipinski definition) is 2. The van der Waals surface area contributed by atoms with Crippen molar-refractivity contribution in [3.63, 3.8) is 0 Å². The Hall–Kier alpha value is -1.81. The summed E-state index contributed by atoms with van der Waals surface area (Å²) in [5.41, 5.74) is 1.95. The van der Waals surface area contributed by atoms with Gasteiger partial charge in [0, 0.05) is 22.9 Å². The second kappa shape index (κ2) is 7.64. The average molecular weight is 331 g/mol. The van der Waals surface area contributed by atoms with Crippen molar-refractivity contribution in [1.82, 2.24) is 9.97 Å². The van der Waals surface area contributed by atoms with Crippen LogP contribution in [0.3, 0.4) is 0 Å². The van der Waals surface area contributed by atoms with Gasteiger partial charge in [0.1, 0.15) is 5.82 Å². The van der Waals surface area contributed by atoms with Gasteiger partial charge in [0.15, 0.2) is 0 Å². The molecule has 1 saturated carbocycles. The number of halogens is 1.